The minimum absolute atomic E-state index is 0.198. The van der Waals surface area contributed by atoms with Gasteiger partial charge in [-0.25, -0.2) is 4.39 Å². The van der Waals surface area contributed by atoms with Crippen LogP contribution in [0.2, 0.25) is 0 Å². The Bertz CT molecular complexity index is 1080. The maximum atomic E-state index is 13.4. The number of furan rings is 1. The first-order chi connectivity index (χ1) is 11.6. The Morgan fingerprint density at radius 3 is 2.67 bits per heavy atom. The van der Waals surface area contributed by atoms with Crippen LogP contribution in [-0.4, -0.2) is 5.91 Å². The second kappa shape index (κ2) is 5.49. The van der Waals surface area contributed by atoms with Crippen molar-refractivity contribution in [3.63, 3.8) is 0 Å². The smallest absolute Gasteiger partial charge is 0.291 e. The summed E-state index contributed by atoms with van der Waals surface area (Å²) in [5.74, 6) is -0.503. The molecule has 1 N–H and O–H groups in total. The van der Waals surface area contributed by atoms with E-state index in [1.807, 2.05) is 42.5 Å². The monoisotopic (exact) mass is 319 g/mol. The third-order valence-corrected chi connectivity index (χ3v) is 4.14. The Balaban J connectivity index is 1.75. The Morgan fingerprint density at radius 2 is 1.79 bits per heavy atom. The molecule has 0 unspecified atom stereocenters. The van der Waals surface area contributed by atoms with E-state index in [4.69, 9.17) is 4.42 Å². The average Bonchev–Trinajstić information content (AvgIpc) is 2.92. The van der Waals surface area contributed by atoms with Gasteiger partial charge in [0.1, 0.15) is 11.4 Å². The molecule has 0 aliphatic carbocycles. The van der Waals surface area contributed by atoms with E-state index in [1.165, 1.54) is 18.2 Å². The lowest BCUT2D eigenvalue weighted by Gasteiger charge is -2.07. The predicted molar refractivity (Wildman–Crippen MR) is 92.8 cm³/mol. The Hall–Kier alpha value is -3.14. The summed E-state index contributed by atoms with van der Waals surface area (Å²) in [6.07, 6.45) is 0. The van der Waals surface area contributed by atoms with Crippen LogP contribution < -0.4 is 5.32 Å². The summed E-state index contributed by atoms with van der Waals surface area (Å²) in [4.78, 5) is 12.6. The number of hydrogen-bond donors (Lipinski definition) is 1. The van der Waals surface area contributed by atoms with Crippen LogP contribution in [0.3, 0.4) is 0 Å². The number of rotatable bonds is 2. The van der Waals surface area contributed by atoms with E-state index in [0.717, 1.165) is 10.8 Å². The number of aryl methyl sites for hydroxylation is 1. The molecule has 1 heterocycles. The van der Waals surface area contributed by atoms with Crippen molar-refractivity contribution in [1.29, 1.82) is 0 Å². The quantitative estimate of drug-likeness (QED) is 0.546. The zero-order valence-corrected chi connectivity index (χ0v) is 13.0. The highest BCUT2D eigenvalue weighted by Gasteiger charge is 2.18. The topological polar surface area (TPSA) is 42.2 Å². The fraction of sp³-hybridized carbons (Fsp3) is 0.0500. The summed E-state index contributed by atoms with van der Waals surface area (Å²) < 4.78 is 19.0. The predicted octanol–water partition coefficient (Wildman–Crippen LogP) is 5.29. The molecule has 3 nitrogen and oxygen atoms in total. The lowest BCUT2D eigenvalue weighted by atomic mass is 10.1. The molecule has 0 bridgehead atoms. The highest BCUT2D eigenvalue weighted by atomic mass is 19.1. The second-order valence-corrected chi connectivity index (χ2v) is 5.68. The first-order valence-electron chi connectivity index (χ1n) is 7.61. The van der Waals surface area contributed by atoms with Gasteiger partial charge in [-0.1, -0.05) is 36.4 Å². The molecule has 0 fully saturated rings. The van der Waals surface area contributed by atoms with Gasteiger partial charge < -0.3 is 9.73 Å². The molecule has 0 spiro atoms. The number of amides is 1. The van der Waals surface area contributed by atoms with Crippen molar-refractivity contribution in [1.82, 2.24) is 0 Å². The largest absolute Gasteiger partial charge is 0.451 e. The van der Waals surface area contributed by atoms with Crippen LogP contribution in [-0.2, 0) is 0 Å². The summed E-state index contributed by atoms with van der Waals surface area (Å²) in [6.45, 7) is 1.75. The molecule has 4 aromatic rings. The molecule has 3 aromatic carbocycles. The third-order valence-electron chi connectivity index (χ3n) is 4.14. The molecule has 24 heavy (non-hydrogen) atoms. The lowest BCUT2D eigenvalue weighted by molar-refractivity contribution is 0.0998. The Morgan fingerprint density at radius 1 is 1.00 bits per heavy atom. The number of carbonyl (C=O) groups is 1. The van der Waals surface area contributed by atoms with E-state index in [2.05, 4.69) is 5.32 Å². The summed E-state index contributed by atoms with van der Waals surface area (Å²) in [5.41, 5.74) is 1.84. The molecule has 0 radical (unpaired) electrons. The molecule has 118 valence electrons. The van der Waals surface area contributed by atoms with E-state index in [9.17, 15) is 9.18 Å². The van der Waals surface area contributed by atoms with Crippen molar-refractivity contribution in [3.8, 4) is 0 Å². The van der Waals surface area contributed by atoms with Gasteiger partial charge in [-0.05, 0) is 36.6 Å². The number of benzene rings is 3. The SMILES string of the molecule is Cc1c(C(=O)Nc2cccc3ccccc23)oc2ccc(F)cc12. The molecule has 0 aliphatic rings. The van der Waals surface area contributed by atoms with Gasteiger partial charge in [0.2, 0.25) is 0 Å². The molecule has 0 aliphatic heterocycles. The van der Waals surface area contributed by atoms with E-state index in [1.54, 1.807) is 6.92 Å². The maximum Gasteiger partial charge on any atom is 0.291 e. The molecule has 0 saturated carbocycles. The van der Waals surface area contributed by atoms with Crippen LogP contribution in [0.4, 0.5) is 10.1 Å². The van der Waals surface area contributed by atoms with Gasteiger partial charge in [0, 0.05) is 22.0 Å². The molecule has 0 atom stereocenters. The molecule has 1 aromatic heterocycles. The highest BCUT2D eigenvalue weighted by Crippen LogP contribution is 2.28. The number of anilines is 1. The van der Waals surface area contributed by atoms with Gasteiger partial charge in [-0.15, -0.1) is 0 Å². The first-order valence-corrected chi connectivity index (χ1v) is 7.61. The fourth-order valence-electron chi connectivity index (χ4n) is 2.92. The van der Waals surface area contributed by atoms with E-state index < -0.39 is 0 Å². The third kappa shape index (κ3) is 2.33. The minimum Gasteiger partial charge on any atom is -0.451 e. The molecule has 4 rings (SSSR count). The summed E-state index contributed by atoms with van der Waals surface area (Å²) >= 11 is 0. The van der Waals surface area contributed by atoms with Crippen LogP contribution in [0, 0.1) is 12.7 Å². The van der Waals surface area contributed by atoms with Crippen molar-refractivity contribution < 1.29 is 13.6 Å². The van der Waals surface area contributed by atoms with Gasteiger partial charge in [-0.3, -0.25) is 4.79 Å². The zero-order chi connectivity index (χ0) is 16.7. The number of nitrogens with one attached hydrogen (secondary N) is 1. The number of fused-ring (bicyclic) bond motifs is 2. The van der Waals surface area contributed by atoms with Crippen molar-refractivity contribution in [2.24, 2.45) is 0 Å². The van der Waals surface area contributed by atoms with Gasteiger partial charge in [0.25, 0.3) is 5.91 Å². The zero-order valence-electron chi connectivity index (χ0n) is 13.0. The molecular weight excluding hydrogens is 305 g/mol. The van der Waals surface area contributed by atoms with Crippen LogP contribution in [0.25, 0.3) is 21.7 Å². The molecule has 4 heteroatoms. The Kier molecular flexibility index (Phi) is 3.31. The van der Waals surface area contributed by atoms with E-state index in [0.29, 0.717) is 22.2 Å². The van der Waals surface area contributed by atoms with Crippen molar-refractivity contribution in [3.05, 3.63) is 77.8 Å². The van der Waals surface area contributed by atoms with Gasteiger partial charge in [-0.2, -0.15) is 0 Å². The van der Waals surface area contributed by atoms with E-state index >= 15 is 0 Å². The lowest BCUT2D eigenvalue weighted by Crippen LogP contribution is -2.12. The summed E-state index contributed by atoms with van der Waals surface area (Å²) in [5, 5.41) is 5.49. The number of carbonyl (C=O) groups excluding carboxylic acids is 1. The summed E-state index contributed by atoms with van der Waals surface area (Å²) in [6, 6.07) is 17.8. The molecule has 0 saturated heterocycles. The van der Waals surface area contributed by atoms with Crippen LogP contribution in [0.5, 0.6) is 0 Å². The number of halogens is 1. The van der Waals surface area contributed by atoms with Gasteiger partial charge in [0.05, 0.1) is 0 Å². The summed E-state index contributed by atoms with van der Waals surface area (Å²) in [7, 11) is 0. The normalized spacial score (nSPS) is 11.1. The highest BCUT2D eigenvalue weighted by molar-refractivity contribution is 6.10. The van der Waals surface area contributed by atoms with E-state index in [-0.39, 0.29) is 17.5 Å². The Labute approximate surface area is 137 Å². The molecular formula is C20H14FNO2. The minimum atomic E-state index is -0.354. The second-order valence-electron chi connectivity index (χ2n) is 5.68. The van der Waals surface area contributed by atoms with Gasteiger partial charge in [0.15, 0.2) is 5.76 Å². The van der Waals surface area contributed by atoms with Crippen LogP contribution in [0.15, 0.2) is 65.1 Å². The number of hydrogen-bond acceptors (Lipinski definition) is 2. The fourth-order valence-corrected chi connectivity index (χ4v) is 2.92. The van der Waals surface area contributed by atoms with Crippen molar-refractivity contribution >= 4 is 33.3 Å². The van der Waals surface area contributed by atoms with Gasteiger partial charge >= 0.3 is 0 Å². The standard InChI is InChI=1S/C20H14FNO2/c1-12-16-11-14(21)9-10-18(16)24-19(12)20(23)22-17-8-4-6-13-5-2-3-7-15(13)17/h2-11H,1H3,(H,22,23). The van der Waals surface area contributed by atoms with Crippen LogP contribution >= 0.6 is 0 Å². The van der Waals surface area contributed by atoms with Crippen LogP contribution in [0.1, 0.15) is 16.1 Å². The first kappa shape index (κ1) is 14.5. The van der Waals surface area contributed by atoms with Crippen molar-refractivity contribution in [2.45, 2.75) is 6.92 Å². The average molecular weight is 319 g/mol. The maximum absolute atomic E-state index is 13.4. The molecule has 1 amide bonds. The van der Waals surface area contributed by atoms with Crippen molar-refractivity contribution in [2.75, 3.05) is 5.32 Å².